The molecule has 0 aliphatic heterocycles. The molecule has 2 rings (SSSR count). The number of carbonyl (C=O) groups excluding carboxylic acids is 2. The van der Waals surface area contributed by atoms with Gasteiger partial charge in [0.1, 0.15) is 5.15 Å². The molecule has 2 aromatic rings. The molecule has 1 heterocycles. The van der Waals surface area contributed by atoms with Crippen LogP contribution in [-0.2, 0) is 9.53 Å². The van der Waals surface area contributed by atoms with Crippen LogP contribution in [-0.4, -0.2) is 30.0 Å². The van der Waals surface area contributed by atoms with Crippen molar-refractivity contribution < 1.29 is 14.3 Å². The third-order valence-corrected chi connectivity index (χ3v) is 3.59. The molecular formula is C17H17ClN2O3. The standard InChI is InChI=1S/C17H17ClN2O3/c1-12(13-6-3-2-4-7-13)10-20-15(21)11-23-17(22)14-8-5-9-19-16(14)18/h2-9,12H,10-11H2,1H3,(H,20,21)/t12-/m1/s1. The van der Waals surface area contributed by atoms with Crippen LogP contribution in [0.15, 0.2) is 48.7 Å². The van der Waals surface area contributed by atoms with Crippen LogP contribution in [0.5, 0.6) is 0 Å². The quantitative estimate of drug-likeness (QED) is 0.652. The van der Waals surface area contributed by atoms with Crippen LogP contribution in [0.2, 0.25) is 5.15 Å². The number of amides is 1. The van der Waals surface area contributed by atoms with E-state index in [1.165, 1.54) is 12.3 Å². The highest BCUT2D eigenvalue weighted by atomic mass is 35.5. The summed E-state index contributed by atoms with van der Waals surface area (Å²) in [5.41, 5.74) is 1.27. The van der Waals surface area contributed by atoms with Gasteiger partial charge in [-0.2, -0.15) is 0 Å². The first kappa shape index (κ1) is 17.0. The van der Waals surface area contributed by atoms with Gasteiger partial charge in [-0.1, -0.05) is 48.9 Å². The van der Waals surface area contributed by atoms with Gasteiger partial charge in [0.2, 0.25) is 0 Å². The van der Waals surface area contributed by atoms with E-state index in [0.29, 0.717) is 6.54 Å². The summed E-state index contributed by atoms with van der Waals surface area (Å²) in [5.74, 6) is -0.862. The molecule has 23 heavy (non-hydrogen) atoms. The summed E-state index contributed by atoms with van der Waals surface area (Å²) >= 11 is 5.79. The number of halogens is 1. The largest absolute Gasteiger partial charge is 0.452 e. The summed E-state index contributed by atoms with van der Waals surface area (Å²) in [6, 6.07) is 12.9. The van der Waals surface area contributed by atoms with Crippen LogP contribution in [0.3, 0.4) is 0 Å². The number of nitrogens with zero attached hydrogens (tertiary/aromatic N) is 1. The molecule has 1 aromatic heterocycles. The Morgan fingerprint density at radius 1 is 1.22 bits per heavy atom. The Kier molecular flexibility index (Phi) is 6.11. The van der Waals surface area contributed by atoms with Crippen molar-refractivity contribution in [2.75, 3.05) is 13.2 Å². The number of carbonyl (C=O) groups is 2. The number of hydrogen-bond acceptors (Lipinski definition) is 4. The van der Waals surface area contributed by atoms with E-state index in [0.717, 1.165) is 5.56 Å². The van der Waals surface area contributed by atoms with Crippen molar-refractivity contribution in [3.05, 3.63) is 64.9 Å². The molecule has 5 nitrogen and oxygen atoms in total. The number of hydrogen-bond donors (Lipinski definition) is 1. The van der Waals surface area contributed by atoms with Crippen molar-refractivity contribution in [1.82, 2.24) is 10.3 Å². The van der Waals surface area contributed by atoms with Crippen LogP contribution in [0, 0.1) is 0 Å². The molecule has 0 saturated carbocycles. The lowest BCUT2D eigenvalue weighted by atomic mass is 10.0. The number of aromatic nitrogens is 1. The molecule has 1 amide bonds. The molecule has 0 aliphatic rings. The van der Waals surface area contributed by atoms with Crippen molar-refractivity contribution in [3.8, 4) is 0 Å². The predicted octanol–water partition coefficient (Wildman–Crippen LogP) is 2.81. The lowest BCUT2D eigenvalue weighted by Crippen LogP contribution is -2.31. The number of rotatable bonds is 6. The van der Waals surface area contributed by atoms with Gasteiger partial charge in [0.15, 0.2) is 6.61 Å². The summed E-state index contributed by atoms with van der Waals surface area (Å²) in [4.78, 5) is 27.3. The summed E-state index contributed by atoms with van der Waals surface area (Å²) in [6.07, 6.45) is 1.47. The summed E-state index contributed by atoms with van der Waals surface area (Å²) in [6.45, 7) is 2.12. The van der Waals surface area contributed by atoms with Gasteiger partial charge in [-0.05, 0) is 23.6 Å². The second-order valence-corrected chi connectivity index (χ2v) is 5.39. The Morgan fingerprint density at radius 2 is 1.96 bits per heavy atom. The molecular weight excluding hydrogens is 316 g/mol. The molecule has 0 bridgehead atoms. The number of ether oxygens (including phenoxy) is 1. The van der Waals surface area contributed by atoms with Gasteiger partial charge in [0, 0.05) is 12.7 Å². The second kappa shape index (κ2) is 8.29. The maximum absolute atomic E-state index is 11.8. The molecule has 0 radical (unpaired) electrons. The highest BCUT2D eigenvalue weighted by molar-refractivity contribution is 6.32. The van der Waals surface area contributed by atoms with Gasteiger partial charge in [0.05, 0.1) is 5.56 Å². The molecule has 0 saturated heterocycles. The van der Waals surface area contributed by atoms with E-state index in [2.05, 4.69) is 10.3 Å². The summed E-state index contributed by atoms with van der Waals surface area (Å²) in [5, 5.41) is 2.79. The van der Waals surface area contributed by atoms with Crippen molar-refractivity contribution in [2.24, 2.45) is 0 Å². The number of nitrogens with one attached hydrogen (secondary N) is 1. The maximum atomic E-state index is 11.8. The Labute approximate surface area is 139 Å². The number of benzene rings is 1. The first-order chi connectivity index (χ1) is 11.1. The van der Waals surface area contributed by atoms with Crippen LogP contribution in [0.1, 0.15) is 28.8 Å². The average molecular weight is 333 g/mol. The summed E-state index contributed by atoms with van der Waals surface area (Å²) < 4.78 is 4.93. The molecule has 1 aromatic carbocycles. The topological polar surface area (TPSA) is 68.3 Å². The van der Waals surface area contributed by atoms with Gasteiger partial charge in [0.25, 0.3) is 5.91 Å². The Bertz CT molecular complexity index is 677. The molecule has 1 atom stereocenters. The van der Waals surface area contributed by atoms with Crippen LogP contribution >= 0.6 is 11.6 Å². The van der Waals surface area contributed by atoms with Gasteiger partial charge in [-0.25, -0.2) is 9.78 Å². The smallest absolute Gasteiger partial charge is 0.341 e. The summed E-state index contributed by atoms with van der Waals surface area (Å²) in [7, 11) is 0. The van der Waals surface area contributed by atoms with E-state index in [4.69, 9.17) is 16.3 Å². The van der Waals surface area contributed by atoms with Crippen LogP contribution in [0.25, 0.3) is 0 Å². The number of pyridine rings is 1. The molecule has 0 spiro atoms. The molecule has 0 unspecified atom stereocenters. The molecule has 0 fully saturated rings. The molecule has 1 N–H and O–H groups in total. The fourth-order valence-corrected chi connectivity index (χ4v) is 2.16. The minimum Gasteiger partial charge on any atom is -0.452 e. The third-order valence-electron chi connectivity index (χ3n) is 3.29. The number of esters is 1. The normalized spacial score (nSPS) is 11.6. The predicted molar refractivity (Wildman–Crippen MR) is 87.4 cm³/mol. The molecule has 120 valence electrons. The zero-order chi connectivity index (χ0) is 16.7. The third kappa shape index (κ3) is 5.07. The zero-order valence-electron chi connectivity index (χ0n) is 12.7. The SMILES string of the molecule is C[C@H](CNC(=O)COC(=O)c1cccnc1Cl)c1ccccc1. The second-order valence-electron chi connectivity index (χ2n) is 5.03. The van der Waals surface area contributed by atoms with Crippen molar-refractivity contribution in [3.63, 3.8) is 0 Å². The van der Waals surface area contributed by atoms with Gasteiger partial charge in [-0.3, -0.25) is 4.79 Å². The van der Waals surface area contributed by atoms with Crippen LogP contribution in [0.4, 0.5) is 0 Å². The van der Waals surface area contributed by atoms with E-state index in [9.17, 15) is 9.59 Å². The Morgan fingerprint density at radius 3 is 2.65 bits per heavy atom. The van der Waals surface area contributed by atoms with Gasteiger partial charge in [-0.15, -0.1) is 0 Å². The van der Waals surface area contributed by atoms with E-state index in [-0.39, 0.29) is 29.1 Å². The van der Waals surface area contributed by atoms with Gasteiger partial charge >= 0.3 is 5.97 Å². The fourth-order valence-electron chi connectivity index (χ4n) is 1.96. The highest BCUT2D eigenvalue weighted by Crippen LogP contribution is 2.13. The fraction of sp³-hybridized carbons (Fsp3) is 0.235. The van der Waals surface area contributed by atoms with E-state index in [1.54, 1.807) is 6.07 Å². The molecule has 6 heteroatoms. The maximum Gasteiger partial charge on any atom is 0.341 e. The minimum absolute atomic E-state index is 0.0515. The average Bonchev–Trinajstić information content (AvgIpc) is 2.58. The van der Waals surface area contributed by atoms with Gasteiger partial charge < -0.3 is 10.1 Å². The first-order valence-electron chi connectivity index (χ1n) is 7.17. The molecule has 0 aliphatic carbocycles. The monoisotopic (exact) mass is 332 g/mol. The zero-order valence-corrected chi connectivity index (χ0v) is 13.4. The van der Waals surface area contributed by atoms with E-state index in [1.807, 2.05) is 37.3 Å². The van der Waals surface area contributed by atoms with Crippen LogP contribution < -0.4 is 5.32 Å². The lowest BCUT2D eigenvalue weighted by molar-refractivity contribution is -0.124. The Balaban J connectivity index is 1.77. The van der Waals surface area contributed by atoms with Crippen molar-refractivity contribution in [2.45, 2.75) is 12.8 Å². The lowest BCUT2D eigenvalue weighted by Gasteiger charge is -2.13. The van der Waals surface area contributed by atoms with Crippen molar-refractivity contribution >= 4 is 23.5 Å². The van der Waals surface area contributed by atoms with E-state index >= 15 is 0 Å². The highest BCUT2D eigenvalue weighted by Gasteiger charge is 2.14. The van der Waals surface area contributed by atoms with E-state index < -0.39 is 5.97 Å². The Hall–Kier alpha value is -2.40. The van der Waals surface area contributed by atoms with Crippen molar-refractivity contribution in [1.29, 1.82) is 0 Å². The first-order valence-corrected chi connectivity index (χ1v) is 7.55. The minimum atomic E-state index is -0.672.